The molecule has 1 spiro atoms. The third kappa shape index (κ3) is 4.11. The Balaban J connectivity index is 1.65. The Morgan fingerprint density at radius 2 is 1.31 bits per heavy atom. The molecule has 2 heterocycles. The van der Waals surface area contributed by atoms with E-state index in [2.05, 4.69) is 73.9 Å². The second-order valence-corrected chi connectivity index (χ2v) is 10.5. The van der Waals surface area contributed by atoms with Crippen molar-refractivity contribution in [1.29, 1.82) is 0 Å². The molecule has 1 N–H and O–H groups in total. The van der Waals surface area contributed by atoms with E-state index >= 15 is 0 Å². The van der Waals surface area contributed by atoms with Crippen molar-refractivity contribution in [3.8, 4) is 17.2 Å². The summed E-state index contributed by atoms with van der Waals surface area (Å²) in [4.78, 5) is 18.8. The molecule has 0 radical (unpaired) electrons. The van der Waals surface area contributed by atoms with Crippen molar-refractivity contribution in [3.05, 3.63) is 113 Å². The summed E-state index contributed by atoms with van der Waals surface area (Å²) < 4.78 is 6.72. The quantitative estimate of drug-likeness (QED) is 0.236. The van der Waals surface area contributed by atoms with Crippen molar-refractivity contribution in [2.24, 2.45) is 5.10 Å². The van der Waals surface area contributed by atoms with Gasteiger partial charge in [0, 0.05) is 77.5 Å². The van der Waals surface area contributed by atoms with Gasteiger partial charge in [-0.1, -0.05) is 42.5 Å². The minimum absolute atomic E-state index is 0.0972. The molecule has 4 aromatic carbocycles. The second kappa shape index (κ2) is 10.9. The van der Waals surface area contributed by atoms with Gasteiger partial charge in [-0.25, -0.2) is 5.01 Å². The smallest absolute Gasteiger partial charge is 0.275 e. The van der Waals surface area contributed by atoms with Gasteiger partial charge in [-0.2, -0.15) is 5.10 Å². The number of nitrogens with zero attached hydrogens (tertiary/aromatic N) is 4. The molecule has 2 aliphatic heterocycles. The summed E-state index contributed by atoms with van der Waals surface area (Å²) in [5.74, 6) is 1.27. The molecular formula is C35H36N4O3. The highest BCUT2D eigenvalue weighted by Crippen LogP contribution is 2.58. The normalized spacial score (nSPS) is 14.5. The van der Waals surface area contributed by atoms with Crippen LogP contribution in [0.15, 0.2) is 90.0 Å². The first-order valence-electron chi connectivity index (χ1n) is 14.7. The van der Waals surface area contributed by atoms with Gasteiger partial charge < -0.3 is 19.6 Å². The molecule has 0 saturated carbocycles. The number of para-hydroxylation sites is 1. The van der Waals surface area contributed by atoms with Crippen LogP contribution >= 0.6 is 0 Å². The number of aromatic hydroxyl groups is 1. The third-order valence-electron chi connectivity index (χ3n) is 8.49. The van der Waals surface area contributed by atoms with Crippen molar-refractivity contribution < 1.29 is 14.6 Å². The average Bonchev–Trinajstić information content (AvgIpc) is 3.26. The Bertz CT molecular complexity index is 1610. The van der Waals surface area contributed by atoms with E-state index in [-0.39, 0.29) is 11.7 Å². The van der Waals surface area contributed by atoms with Crippen LogP contribution in [0.5, 0.6) is 17.2 Å². The number of hydrogen-bond acceptors (Lipinski definition) is 6. The van der Waals surface area contributed by atoms with Crippen molar-refractivity contribution >= 4 is 23.5 Å². The number of hydrogen-bond donors (Lipinski definition) is 1. The molecule has 0 saturated heterocycles. The number of rotatable bonds is 8. The van der Waals surface area contributed by atoms with Crippen LogP contribution in [0.1, 0.15) is 60.3 Å². The molecule has 0 atom stereocenters. The number of phenolic OH excluding ortho intramolecular Hbond substituents is 1. The van der Waals surface area contributed by atoms with Gasteiger partial charge in [-0.05, 0) is 58.0 Å². The van der Waals surface area contributed by atoms with E-state index in [1.54, 1.807) is 29.4 Å². The number of ether oxygens (including phenoxy) is 1. The molecule has 0 unspecified atom stereocenters. The number of carbonyl (C=O) groups is 1. The molecule has 0 aromatic heterocycles. The van der Waals surface area contributed by atoms with Gasteiger partial charge in [-0.3, -0.25) is 4.79 Å². The summed E-state index contributed by atoms with van der Waals surface area (Å²) in [6.45, 7) is 12.0. The van der Waals surface area contributed by atoms with Crippen molar-refractivity contribution in [1.82, 2.24) is 5.01 Å². The average molecular weight is 561 g/mol. The van der Waals surface area contributed by atoms with Crippen LogP contribution in [0.2, 0.25) is 0 Å². The summed E-state index contributed by atoms with van der Waals surface area (Å²) in [7, 11) is 0. The lowest BCUT2D eigenvalue weighted by atomic mass is 9.75. The fourth-order valence-corrected chi connectivity index (χ4v) is 6.36. The number of amides is 1. The first-order valence-corrected chi connectivity index (χ1v) is 14.7. The Morgan fingerprint density at radius 1 is 0.762 bits per heavy atom. The van der Waals surface area contributed by atoms with Crippen LogP contribution in [0.25, 0.3) is 0 Å². The Morgan fingerprint density at radius 3 is 1.88 bits per heavy atom. The van der Waals surface area contributed by atoms with Gasteiger partial charge in [0.25, 0.3) is 5.91 Å². The topological polar surface area (TPSA) is 68.6 Å². The molecule has 1 amide bonds. The number of phenols is 1. The molecule has 42 heavy (non-hydrogen) atoms. The first kappa shape index (κ1) is 27.4. The third-order valence-corrected chi connectivity index (χ3v) is 8.49. The Labute approximate surface area is 247 Å². The highest BCUT2D eigenvalue weighted by molar-refractivity contribution is 6.03. The summed E-state index contributed by atoms with van der Waals surface area (Å²) in [5, 5.41) is 16.9. The van der Waals surface area contributed by atoms with E-state index in [0.29, 0.717) is 22.6 Å². The number of carbonyl (C=O) groups excluding carboxylic acids is 1. The van der Waals surface area contributed by atoms with Gasteiger partial charge in [0.05, 0.1) is 6.21 Å². The lowest BCUT2D eigenvalue weighted by Crippen LogP contribution is -2.44. The van der Waals surface area contributed by atoms with Gasteiger partial charge >= 0.3 is 0 Å². The van der Waals surface area contributed by atoms with Crippen molar-refractivity contribution in [2.45, 2.75) is 33.2 Å². The van der Waals surface area contributed by atoms with Crippen LogP contribution in [0, 0.1) is 0 Å². The van der Waals surface area contributed by atoms with Gasteiger partial charge in [0.1, 0.15) is 22.8 Å². The zero-order valence-corrected chi connectivity index (χ0v) is 24.5. The summed E-state index contributed by atoms with van der Waals surface area (Å²) in [6.07, 6.45) is 1.56. The largest absolute Gasteiger partial charge is 0.507 e. The van der Waals surface area contributed by atoms with E-state index in [9.17, 15) is 9.90 Å². The highest BCUT2D eigenvalue weighted by atomic mass is 16.5. The molecular weight excluding hydrogens is 524 g/mol. The molecule has 0 fully saturated rings. The predicted octanol–water partition coefficient (Wildman–Crippen LogP) is 6.97. The molecule has 6 rings (SSSR count). The molecule has 2 aliphatic rings. The molecule has 214 valence electrons. The van der Waals surface area contributed by atoms with Crippen molar-refractivity contribution in [3.63, 3.8) is 0 Å². The maximum absolute atomic E-state index is 14.2. The van der Waals surface area contributed by atoms with Crippen LogP contribution in [0.3, 0.4) is 0 Å². The monoisotopic (exact) mass is 560 g/mol. The fourth-order valence-electron chi connectivity index (χ4n) is 6.36. The van der Waals surface area contributed by atoms with E-state index < -0.39 is 5.54 Å². The summed E-state index contributed by atoms with van der Waals surface area (Å²) in [5.41, 5.74) is 4.69. The maximum Gasteiger partial charge on any atom is 0.275 e. The Kier molecular flexibility index (Phi) is 7.11. The zero-order valence-electron chi connectivity index (χ0n) is 24.5. The minimum atomic E-state index is -1.07. The van der Waals surface area contributed by atoms with E-state index in [1.165, 1.54) is 0 Å². The van der Waals surface area contributed by atoms with Crippen LogP contribution < -0.4 is 14.5 Å². The molecule has 7 heteroatoms. The number of hydrazone groups is 1. The molecule has 4 aromatic rings. The summed E-state index contributed by atoms with van der Waals surface area (Å²) in [6, 6.07) is 27.2. The zero-order chi connectivity index (χ0) is 29.4. The van der Waals surface area contributed by atoms with Crippen LogP contribution in [0.4, 0.5) is 11.4 Å². The van der Waals surface area contributed by atoms with Gasteiger partial charge in [-0.15, -0.1) is 0 Å². The van der Waals surface area contributed by atoms with E-state index in [1.807, 2.05) is 30.3 Å². The standard InChI is InChI=1S/C35H36N4O3/c1-5-37(6-2)25-17-19-29-32(21-25)42-33-22-26(38(7-3)8-4)18-20-30(33)35(29)28-15-11-10-14-27(28)34(41)39(35)36-23-24-13-9-12-16-31(24)40/h9-23,40H,5-8H2,1-4H3/b36-23+. The van der Waals surface area contributed by atoms with E-state index in [0.717, 1.165) is 54.2 Å². The molecule has 0 bridgehead atoms. The van der Waals surface area contributed by atoms with Crippen LogP contribution in [-0.4, -0.2) is 48.4 Å². The predicted molar refractivity (Wildman–Crippen MR) is 168 cm³/mol. The summed E-state index contributed by atoms with van der Waals surface area (Å²) >= 11 is 0. The van der Waals surface area contributed by atoms with Gasteiger partial charge in [0.15, 0.2) is 0 Å². The maximum atomic E-state index is 14.2. The fraction of sp³-hybridized carbons (Fsp3) is 0.257. The lowest BCUT2D eigenvalue weighted by Gasteiger charge is -2.42. The van der Waals surface area contributed by atoms with E-state index in [4.69, 9.17) is 9.84 Å². The highest BCUT2D eigenvalue weighted by Gasteiger charge is 2.57. The minimum Gasteiger partial charge on any atom is -0.507 e. The molecule has 0 aliphatic carbocycles. The number of anilines is 2. The van der Waals surface area contributed by atoms with Gasteiger partial charge in [0.2, 0.25) is 0 Å². The lowest BCUT2D eigenvalue weighted by molar-refractivity contribution is 0.0675. The van der Waals surface area contributed by atoms with Crippen LogP contribution in [-0.2, 0) is 5.54 Å². The second-order valence-electron chi connectivity index (χ2n) is 10.5. The molecule has 7 nitrogen and oxygen atoms in total. The Hall–Kier alpha value is -4.78. The first-order chi connectivity index (χ1) is 20.5. The SMILES string of the molecule is CCN(CC)c1ccc2c(c1)Oc1cc(N(CC)CC)ccc1C21c2ccccc2C(=O)N1/N=C/c1ccccc1O. The van der Waals surface area contributed by atoms with Crippen molar-refractivity contribution in [2.75, 3.05) is 36.0 Å². The number of benzene rings is 4. The number of fused-ring (bicyclic) bond motifs is 6.